The second-order valence-electron chi connectivity index (χ2n) is 8.23. The van der Waals surface area contributed by atoms with Crippen molar-refractivity contribution in [2.24, 2.45) is 0 Å². The number of amides is 1. The first-order valence-corrected chi connectivity index (χ1v) is 10.9. The lowest BCUT2D eigenvalue weighted by molar-refractivity contribution is 0.0596. The number of rotatable bonds is 5. The van der Waals surface area contributed by atoms with Gasteiger partial charge in [-0.15, -0.1) is 0 Å². The third-order valence-corrected chi connectivity index (χ3v) is 6.13. The van der Waals surface area contributed by atoms with Crippen molar-refractivity contribution < 1.29 is 9.53 Å². The van der Waals surface area contributed by atoms with E-state index in [2.05, 4.69) is 67.3 Å². The van der Waals surface area contributed by atoms with Crippen molar-refractivity contribution in [2.75, 3.05) is 33.3 Å². The van der Waals surface area contributed by atoms with E-state index in [1.807, 2.05) is 29.2 Å². The molecule has 0 N–H and O–H groups in total. The van der Waals surface area contributed by atoms with E-state index in [1.165, 1.54) is 22.3 Å². The summed E-state index contributed by atoms with van der Waals surface area (Å²) in [5.41, 5.74) is 5.90. The topological polar surface area (TPSA) is 32.8 Å². The Balaban J connectivity index is 1.55. The molecule has 1 atom stereocenters. The van der Waals surface area contributed by atoms with Crippen molar-refractivity contribution in [3.8, 4) is 5.75 Å². The molecule has 1 aliphatic rings. The molecule has 1 saturated heterocycles. The number of ether oxygens (including phenoxy) is 1. The van der Waals surface area contributed by atoms with Gasteiger partial charge < -0.3 is 9.64 Å². The van der Waals surface area contributed by atoms with Gasteiger partial charge >= 0.3 is 0 Å². The highest BCUT2D eigenvalue weighted by atomic mass is 16.5. The number of piperazine rings is 1. The number of nitrogens with zero attached hydrogens (tertiary/aromatic N) is 2. The molecule has 1 fully saturated rings. The highest BCUT2D eigenvalue weighted by Crippen LogP contribution is 2.32. The van der Waals surface area contributed by atoms with Gasteiger partial charge in [-0.2, -0.15) is 0 Å². The fraction of sp³-hybridized carbons (Fsp3) is 0.296. The van der Waals surface area contributed by atoms with Crippen LogP contribution in [0.1, 0.15) is 38.7 Å². The third kappa shape index (κ3) is 4.64. The molecule has 160 valence electrons. The maximum atomic E-state index is 13.0. The van der Waals surface area contributed by atoms with Crippen molar-refractivity contribution in [1.82, 2.24) is 9.80 Å². The van der Waals surface area contributed by atoms with Crippen molar-refractivity contribution >= 4 is 5.91 Å². The Hall–Kier alpha value is -3.11. The van der Waals surface area contributed by atoms with Gasteiger partial charge in [0, 0.05) is 31.7 Å². The van der Waals surface area contributed by atoms with Gasteiger partial charge in [0.05, 0.1) is 13.2 Å². The van der Waals surface area contributed by atoms with E-state index in [1.54, 1.807) is 7.11 Å². The normalized spacial score (nSPS) is 15.5. The zero-order chi connectivity index (χ0) is 21.8. The van der Waals surface area contributed by atoms with Crippen LogP contribution in [0.4, 0.5) is 0 Å². The molecule has 1 heterocycles. The Bertz CT molecular complexity index is 1040. The molecule has 3 aromatic carbocycles. The number of hydrogen-bond acceptors (Lipinski definition) is 3. The third-order valence-electron chi connectivity index (χ3n) is 6.13. The fourth-order valence-corrected chi connectivity index (χ4v) is 4.40. The Morgan fingerprint density at radius 2 is 1.61 bits per heavy atom. The predicted octanol–water partition coefficient (Wildman–Crippen LogP) is 4.86. The molecule has 0 aliphatic carbocycles. The van der Waals surface area contributed by atoms with Gasteiger partial charge in [0.25, 0.3) is 5.91 Å². The molecule has 1 amide bonds. The molecule has 1 unspecified atom stereocenters. The molecule has 0 aromatic heterocycles. The summed E-state index contributed by atoms with van der Waals surface area (Å²) in [6, 6.07) is 25.0. The molecular formula is C27H30N2O2. The smallest absolute Gasteiger partial charge is 0.254 e. The summed E-state index contributed by atoms with van der Waals surface area (Å²) in [5.74, 6) is 0.782. The lowest BCUT2D eigenvalue weighted by Crippen LogP contribution is -2.50. The molecule has 4 rings (SSSR count). The Labute approximate surface area is 185 Å². The molecule has 0 saturated carbocycles. The molecule has 4 nitrogen and oxygen atoms in total. The number of benzene rings is 3. The standard InChI is InChI=1S/C27H30N2O2/c1-20-12-13-21(2)25(18-20)26(22-8-5-4-6-9-22)28-14-16-29(17-15-28)27(30)23-10-7-11-24(19-23)31-3/h4-13,18-19,26H,14-17H2,1-3H3. The van der Waals surface area contributed by atoms with E-state index in [9.17, 15) is 4.79 Å². The van der Waals surface area contributed by atoms with Gasteiger partial charge in [-0.3, -0.25) is 9.69 Å². The minimum absolute atomic E-state index is 0.0709. The monoisotopic (exact) mass is 414 g/mol. The van der Waals surface area contributed by atoms with Crippen molar-refractivity contribution in [3.05, 3.63) is 101 Å². The predicted molar refractivity (Wildman–Crippen MR) is 125 cm³/mol. The van der Waals surface area contributed by atoms with E-state index in [0.717, 1.165) is 13.1 Å². The highest BCUT2D eigenvalue weighted by Gasteiger charge is 2.29. The summed E-state index contributed by atoms with van der Waals surface area (Å²) < 4.78 is 5.28. The first-order chi connectivity index (χ1) is 15.1. The van der Waals surface area contributed by atoms with E-state index in [4.69, 9.17) is 4.74 Å². The van der Waals surface area contributed by atoms with Crippen LogP contribution in [0, 0.1) is 13.8 Å². The summed E-state index contributed by atoms with van der Waals surface area (Å²) in [6.45, 7) is 7.43. The van der Waals surface area contributed by atoms with Crippen molar-refractivity contribution in [1.29, 1.82) is 0 Å². The van der Waals surface area contributed by atoms with Crippen molar-refractivity contribution in [3.63, 3.8) is 0 Å². The number of methoxy groups -OCH3 is 1. The summed E-state index contributed by atoms with van der Waals surface area (Å²) >= 11 is 0. The minimum atomic E-state index is 0.0709. The second-order valence-corrected chi connectivity index (χ2v) is 8.23. The molecule has 0 spiro atoms. The van der Waals surface area contributed by atoms with Gasteiger partial charge in [-0.05, 0) is 48.7 Å². The first-order valence-electron chi connectivity index (χ1n) is 10.9. The Morgan fingerprint density at radius 3 is 2.32 bits per heavy atom. The number of aryl methyl sites for hydroxylation is 2. The van der Waals surface area contributed by atoms with Crippen LogP contribution < -0.4 is 4.74 Å². The van der Waals surface area contributed by atoms with Crippen LogP contribution in [0.3, 0.4) is 0 Å². The zero-order valence-electron chi connectivity index (χ0n) is 18.5. The minimum Gasteiger partial charge on any atom is -0.497 e. The molecule has 31 heavy (non-hydrogen) atoms. The quantitative estimate of drug-likeness (QED) is 0.598. The van der Waals surface area contributed by atoms with Gasteiger partial charge in [0.15, 0.2) is 0 Å². The average molecular weight is 415 g/mol. The number of carbonyl (C=O) groups is 1. The van der Waals surface area contributed by atoms with Crippen LogP contribution in [-0.2, 0) is 0 Å². The van der Waals surface area contributed by atoms with Crippen molar-refractivity contribution in [2.45, 2.75) is 19.9 Å². The van der Waals surface area contributed by atoms with Crippen LogP contribution in [0.25, 0.3) is 0 Å². The van der Waals surface area contributed by atoms with Crippen LogP contribution >= 0.6 is 0 Å². The van der Waals surface area contributed by atoms with Crippen LogP contribution in [0.15, 0.2) is 72.8 Å². The first kappa shape index (κ1) is 21.1. The molecule has 0 radical (unpaired) electrons. The number of carbonyl (C=O) groups excluding carboxylic acids is 1. The molecule has 4 heteroatoms. The van der Waals surface area contributed by atoms with E-state index >= 15 is 0 Å². The van der Waals surface area contributed by atoms with Gasteiger partial charge in [-0.25, -0.2) is 0 Å². The van der Waals surface area contributed by atoms with E-state index < -0.39 is 0 Å². The summed E-state index contributed by atoms with van der Waals surface area (Å²) in [5, 5.41) is 0. The van der Waals surface area contributed by atoms with Crippen LogP contribution in [-0.4, -0.2) is 49.0 Å². The maximum Gasteiger partial charge on any atom is 0.254 e. The molecule has 3 aromatic rings. The summed E-state index contributed by atoms with van der Waals surface area (Å²) in [4.78, 5) is 17.5. The van der Waals surface area contributed by atoms with Gasteiger partial charge in [0.2, 0.25) is 0 Å². The lowest BCUT2D eigenvalue weighted by Gasteiger charge is -2.40. The molecule has 0 bridgehead atoms. The van der Waals surface area contributed by atoms with E-state index in [-0.39, 0.29) is 11.9 Å². The van der Waals surface area contributed by atoms with E-state index in [0.29, 0.717) is 24.4 Å². The lowest BCUT2D eigenvalue weighted by atomic mass is 9.92. The average Bonchev–Trinajstić information content (AvgIpc) is 2.82. The largest absolute Gasteiger partial charge is 0.497 e. The molecular weight excluding hydrogens is 384 g/mol. The second kappa shape index (κ2) is 9.36. The Morgan fingerprint density at radius 1 is 0.871 bits per heavy atom. The Kier molecular flexibility index (Phi) is 6.38. The summed E-state index contributed by atoms with van der Waals surface area (Å²) in [6.07, 6.45) is 0. The van der Waals surface area contributed by atoms with Crippen LogP contribution in [0.2, 0.25) is 0 Å². The van der Waals surface area contributed by atoms with Gasteiger partial charge in [0.1, 0.15) is 5.75 Å². The highest BCUT2D eigenvalue weighted by molar-refractivity contribution is 5.94. The van der Waals surface area contributed by atoms with Crippen LogP contribution in [0.5, 0.6) is 5.75 Å². The fourth-order valence-electron chi connectivity index (χ4n) is 4.40. The molecule has 1 aliphatic heterocycles. The zero-order valence-corrected chi connectivity index (χ0v) is 18.5. The summed E-state index contributed by atoms with van der Waals surface area (Å²) in [7, 11) is 1.62. The van der Waals surface area contributed by atoms with Gasteiger partial charge in [-0.1, -0.05) is 60.2 Å². The number of hydrogen-bond donors (Lipinski definition) is 0. The maximum absolute atomic E-state index is 13.0. The SMILES string of the molecule is COc1cccc(C(=O)N2CCN(C(c3ccccc3)c3cc(C)ccc3C)CC2)c1.